The van der Waals surface area contributed by atoms with Gasteiger partial charge in [-0.2, -0.15) is 0 Å². The van der Waals surface area contributed by atoms with Gasteiger partial charge in [-0.1, -0.05) is 17.7 Å². The first-order chi connectivity index (χ1) is 8.58. The second kappa shape index (κ2) is 6.98. The zero-order chi connectivity index (χ0) is 13.5. The molecular formula is C13H20N2O3. The van der Waals surface area contributed by atoms with Crippen molar-refractivity contribution in [1.29, 1.82) is 0 Å². The normalized spacial score (nSPS) is 12.0. The van der Waals surface area contributed by atoms with Crippen LogP contribution in [0.15, 0.2) is 18.2 Å². The van der Waals surface area contributed by atoms with E-state index in [1.54, 1.807) is 7.11 Å². The molecule has 5 nitrogen and oxygen atoms in total. The van der Waals surface area contributed by atoms with Crippen molar-refractivity contribution in [2.45, 2.75) is 19.4 Å². The number of nitrogens with one attached hydrogen (secondary N) is 1. The maximum absolute atomic E-state index is 11.3. The fourth-order valence-electron chi connectivity index (χ4n) is 1.65. The molecule has 0 bridgehead atoms. The van der Waals surface area contributed by atoms with E-state index in [0.29, 0.717) is 13.0 Å². The number of carbonyl (C=O) groups excluding carboxylic acids is 1. The van der Waals surface area contributed by atoms with E-state index in [9.17, 15) is 9.90 Å². The number of benzene rings is 1. The van der Waals surface area contributed by atoms with Gasteiger partial charge in [-0.15, -0.1) is 0 Å². The molecule has 5 heteroatoms. The first kappa shape index (κ1) is 14.5. The predicted molar refractivity (Wildman–Crippen MR) is 69.5 cm³/mol. The molecule has 18 heavy (non-hydrogen) atoms. The summed E-state index contributed by atoms with van der Waals surface area (Å²) in [4.78, 5) is 11.3. The zero-order valence-corrected chi connectivity index (χ0v) is 10.8. The van der Waals surface area contributed by atoms with Gasteiger partial charge in [0.05, 0.1) is 7.11 Å². The minimum absolute atomic E-state index is 0.0698. The number of aliphatic hydroxyl groups is 1. The molecule has 0 saturated heterocycles. The van der Waals surface area contributed by atoms with Crippen LogP contribution in [0.5, 0.6) is 5.75 Å². The molecule has 1 atom stereocenters. The Morgan fingerprint density at radius 2 is 2.28 bits per heavy atom. The summed E-state index contributed by atoms with van der Waals surface area (Å²) in [5.74, 6) is 0.360. The van der Waals surface area contributed by atoms with Crippen LogP contribution in [0, 0.1) is 6.92 Å². The average Bonchev–Trinajstić information content (AvgIpc) is 2.38. The summed E-state index contributed by atoms with van der Waals surface area (Å²) >= 11 is 0. The number of aryl methyl sites for hydroxylation is 1. The van der Waals surface area contributed by atoms with Crippen molar-refractivity contribution in [2.24, 2.45) is 5.73 Å². The molecular weight excluding hydrogens is 232 g/mol. The number of aliphatic hydroxyl groups excluding tert-OH is 1. The van der Waals surface area contributed by atoms with Crippen LogP contribution in [0.4, 0.5) is 0 Å². The summed E-state index contributed by atoms with van der Waals surface area (Å²) in [5.41, 5.74) is 7.36. The van der Waals surface area contributed by atoms with Gasteiger partial charge in [0.25, 0.3) is 0 Å². The van der Waals surface area contributed by atoms with Crippen LogP contribution in [-0.2, 0) is 11.2 Å². The van der Waals surface area contributed by atoms with E-state index >= 15 is 0 Å². The highest BCUT2D eigenvalue weighted by atomic mass is 16.5. The molecule has 4 N–H and O–H groups in total. The van der Waals surface area contributed by atoms with Gasteiger partial charge in [-0.05, 0) is 25.0 Å². The van der Waals surface area contributed by atoms with Gasteiger partial charge < -0.3 is 20.9 Å². The molecule has 0 aromatic heterocycles. The smallest absolute Gasteiger partial charge is 0.250 e. The molecule has 1 aromatic carbocycles. The SMILES string of the molecule is COc1ccc(C)cc1CCNC(=O)C(O)CN. The topological polar surface area (TPSA) is 84.6 Å². The summed E-state index contributed by atoms with van der Waals surface area (Å²) in [6.45, 7) is 2.37. The van der Waals surface area contributed by atoms with Gasteiger partial charge in [0, 0.05) is 13.1 Å². The Hall–Kier alpha value is -1.59. The number of methoxy groups -OCH3 is 1. The minimum atomic E-state index is -1.13. The molecule has 100 valence electrons. The van der Waals surface area contributed by atoms with Gasteiger partial charge in [0.15, 0.2) is 0 Å². The van der Waals surface area contributed by atoms with Crippen molar-refractivity contribution in [3.8, 4) is 5.75 Å². The summed E-state index contributed by atoms with van der Waals surface area (Å²) < 4.78 is 5.24. The molecule has 0 fully saturated rings. The molecule has 1 amide bonds. The molecule has 0 radical (unpaired) electrons. The van der Waals surface area contributed by atoms with Crippen molar-refractivity contribution in [1.82, 2.24) is 5.32 Å². The molecule has 0 saturated carbocycles. The van der Waals surface area contributed by atoms with Crippen LogP contribution in [-0.4, -0.2) is 37.3 Å². The largest absolute Gasteiger partial charge is 0.496 e. The Bertz CT molecular complexity index is 407. The number of ether oxygens (including phenoxy) is 1. The number of rotatable bonds is 6. The standard InChI is InChI=1S/C13H20N2O3/c1-9-3-4-12(18-2)10(7-9)5-6-15-13(17)11(16)8-14/h3-4,7,11,16H,5-6,8,14H2,1-2H3,(H,15,17). The molecule has 0 spiro atoms. The molecule has 1 aromatic rings. The number of nitrogens with two attached hydrogens (primary N) is 1. The van der Waals surface area contributed by atoms with Gasteiger partial charge in [-0.3, -0.25) is 4.79 Å². The fraction of sp³-hybridized carbons (Fsp3) is 0.462. The van der Waals surface area contributed by atoms with Crippen LogP contribution >= 0.6 is 0 Å². The number of carbonyl (C=O) groups is 1. The Kier molecular flexibility index (Phi) is 5.61. The highest BCUT2D eigenvalue weighted by Crippen LogP contribution is 2.19. The average molecular weight is 252 g/mol. The molecule has 1 rings (SSSR count). The van der Waals surface area contributed by atoms with Gasteiger partial charge in [0.1, 0.15) is 11.9 Å². The van der Waals surface area contributed by atoms with E-state index in [2.05, 4.69) is 5.32 Å². The van der Waals surface area contributed by atoms with Gasteiger partial charge in [-0.25, -0.2) is 0 Å². The Labute approximate surface area is 107 Å². The first-order valence-electron chi connectivity index (χ1n) is 5.88. The number of hydrogen-bond donors (Lipinski definition) is 3. The quantitative estimate of drug-likeness (QED) is 0.664. The van der Waals surface area contributed by atoms with Crippen LogP contribution in [0.25, 0.3) is 0 Å². The number of hydrogen-bond acceptors (Lipinski definition) is 4. The molecule has 0 aliphatic heterocycles. The Morgan fingerprint density at radius 1 is 1.56 bits per heavy atom. The predicted octanol–water partition coefficient (Wildman–Crippen LogP) is -0.0181. The van der Waals surface area contributed by atoms with Crippen LogP contribution in [0.3, 0.4) is 0 Å². The van der Waals surface area contributed by atoms with E-state index in [1.165, 1.54) is 0 Å². The third-order valence-electron chi connectivity index (χ3n) is 2.66. The lowest BCUT2D eigenvalue weighted by atomic mass is 10.1. The molecule has 0 aliphatic rings. The van der Waals surface area contributed by atoms with Crippen LogP contribution in [0.1, 0.15) is 11.1 Å². The maximum atomic E-state index is 11.3. The molecule has 1 unspecified atom stereocenters. The second-order valence-electron chi connectivity index (χ2n) is 4.11. The van der Waals surface area contributed by atoms with Gasteiger partial charge in [0.2, 0.25) is 5.91 Å². The minimum Gasteiger partial charge on any atom is -0.496 e. The third-order valence-corrected chi connectivity index (χ3v) is 2.66. The van der Waals surface area contributed by atoms with E-state index in [0.717, 1.165) is 16.9 Å². The summed E-state index contributed by atoms with van der Waals surface area (Å²) in [6.07, 6.45) is -0.488. The summed E-state index contributed by atoms with van der Waals surface area (Å²) in [7, 11) is 1.62. The van der Waals surface area contributed by atoms with Crippen LogP contribution < -0.4 is 15.8 Å². The lowest BCUT2D eigenvalue weighted by molar-refractivity contribution is -0.128. The highest BCUT2D eigenvalue weighted by molar-refractivity contribution is 5.80. The third kappa shape index (κ3) is 4.01. The monoisotopic (exact) mass is 252 g/mol. The lowest BCUT2D eigenvalue weighted by Crippen LogP contribution is -2.40. The highest BCUT2D eigenvalue weighted by Gasteiger charge is 2.12. The van der Waals surface area contributed by atoms with E-state index < -0.39 is 12.0 Å². The van der Waals surface area contributed by atoms with Gasteiger partial charge >= 0.3 is 0 Å². The Balaban J connectivity index is 2.53. The fourth-order valence-corrected chi connectivity index (χ4v) is 1.65. The van der Waals surface area contributed by atoms with E-state index in [-0.39, 0.29) is 6.54 Å². The van der Waals surface area contributed by atoms with E-state index in [4.69, 9.17) is 10.5 Å². The number of amides is 1. The summed E-state index contributed by atoms with van der Waals surface area (Å²) in [5, 5.41) is 11.8. The summed E-state index contributed by atoms with van der Waals surface area (Å²) in [6, 6.07) is 5.89. The van der Waals surface area contributed by atoms with E-state index in [1.807, 2.05) is 25.1 Å². The maximum Gasteiger partial charge on any atom is 0.250 e. The lowest BCUT2D eigenvalue weighted by Gasteiger charge is -2.11. The van der Waals surface area contributed by atoms with Crippen molar-refractivity contribution in [3.63, 3.8) is 0 Å². The zero-order valence-electron chi connectivity index (χ0n) is 10.8. The first-order valence-corrected chi connectivity index (χ1v) is 5.88. The second-order valence-corrected chi connectivity index (χ2v) is 4.11. The van der Waals surface area contributed by atoms with Crippen molar-refractivity contribution < 1.29 is 14.6 Å². The van der Waals surface area contributed by atoms with Crippen LogP contribution in [0.2, 0.25) is 0 Å². The van der Waals surface area contributed by atoms with Crippen molar-refractivity contribution in [2.75, 3.05) is 20.2 Å². The van der Waals surface area contributed by atoms with Crippen molar-refractivity contribution >= 4 is 5.91 Å². The van der Waals surface area contributed by atoms with Crippen molar-refractivity contribution in [3.05, 3.63) is 29.3 Å². The molecule has 0 heterocycles. The molecule has 0 aliphatic carbocycles. The Morgan fingerprint density at radius 3 is 2.89 bits per heavy atom.